The summed E-state index contributed by atoms with van der Waals surface area (Å²) in [5.41, 5.74) is 5.56. The van der Waals surface area contributed by atoms with Gasteiger partial charge in [-0.3, -0.25) is 4.79 Å². The van der Waals surface area contributed by atoms with E-state index < -0.39 is 0 Å². The fourth-order valence-electron chi connectivity index (χ4n) is 5.09. The molecule has 1 aliphatic heterocycles. The van der Waals surface area contributed by atoms with E-state index in [9.17, 15) is 4.79 Å². The van der Waals surface area contributed by atoms with Gasteiger partial charge in [0.25, 0.3) is 5.91 Å². The number of aromatic nitrogens is 8. The van der Waals surface area contributed by atoms with E-state index in [1.807, 2.05) is 54.9 Å². The average molecular weight is 554 g/mol. The molecule has 4 heterocycles. The summed E-state index contributed by atoms with van der Waals surface area (Å²) < 4.78 is 7.89. The largest absolute Gasteiger partial charge is 0.489 e. The van der Waals surface area contributed by atoms with Gasteiger partial charge in [-0.1, -0.05) is 12.1 Å². The van der Waals surface area contributed by atoms with Gasteiger partial charge in [0.05, 0.1) is 40.9 Å². The van der Waals surface area contributed by atoms with E-state index in [-0.39, 0.29) is 24.5 Å². The maximum atomic E-state index is 12.9. The summed E-state index contributed by atoms with van der Waals surface area (Å²) in [6.07, 6.45) is 2.06. The van der Waals surface area contributed by atoms with Gasteiger partial charge < -0.3 is 30.3 Å². The molecule has 0 saturated heterocycles. The Morgan fingerprint density at radius 3 is 2.90 bits per heavy atom. The van der Waals surface area contributed by atoms with Crippen LogP contribution in [0.2, 0.25) is 0 Å². The second-order valence-electron chi connectivity index (χ2n) is 10.1. The van der Waals surface area contributed by atoms with Crippen LogP contribution in [0.3, 0.4) is 0 Å². The first-order valence-corrected chi connectivity index (χ1v) is 13.4. The summed E-state index contributed by atoms with van der Waals surface area (Å²) in [5, 5.41) is 26.0. The average Bonchev–Trinajstić information content (AvgIpc) is 3.74. The predicted octanol–water partition coefficient (Wildman–Crippen LogP) is 2.29. The van der Waals surface area contributed by atoms with Crippen molar-refractivity contribution in [3.8, 4) is 11.4 Å². The molecule has 1 aliphatic rings. The lowest BCUT2D eigenvalue weighted by molar-refractivity contribution is 0.0947. The normalized spacial score (nSPS) is 15.4. The number of nitrogens with one attached hydrogen (secondary N) is 4. The van der Waals surface area contributed by atoms with Gasteiger partial charge in [0.15, 0.2) is 6.33 Å². The van der Waals surface area contributed by atoms with E-state index in [4.69, 9.17) is 20.1 Å². The molecule has 13 nitrogen and oxygen atoms in total. The van der Waals surface area contributed by atoms with Crippen LogP contribution in [0.15, 0.2) is 48.8 Å². The third-order valence-electron chi connectivity index (χ3n) is 7.38. The van der Waals surface area contributed by atoms with Crippen molar-refractivity contribution in [3.63, 3.8) is 0 Å². The third kappa shape index (κ3) is 5.18. The van der Waals surface area contributed by atoms with E-state index in [0.29, 0.717) is 42.2 Å². The Morgan fingerprint density at radius 1 is 1.24 bits per heavy atom. The molecule has 6 rings (SSSR count). The Bertz CT molecular complexity index is 1720. The number of imidazole rings is 2. The molecular weight excluding hydrogens is 522 g/mol. The fourth-order valence-corrected chi connectivity index (χ4v) is 5.09. The minimum Gasteiger partial charge on any atom is -0.489 e. The summed E-state index contributed by atoms with van der Waals surface area (Å²) in [4.78, 5) is 27.5. The second kappa shape index (κ2) is 10.9. The Hall–Kier alpha value is -4.91. The minimum atomic E-state index is -0.195. The molecule has 4 N–H and O–H groups in total. The number of benzene rings is 2. The highest BCUT2D eigenvalue weighted by molar-refractivity contribution is 5.97. The third-order valence-corrected chi connectivity index (χ3v) is 7.38. The predicted molar refractivity (Wildman–Crippen MR) is 152 cm³/mol. The molecule has 41 heavy (non-hydrogen) atoms. The van der Waals surface area contributed by atoms with Crippen LogP contribution < -0.4 is 15.4 Å². The molecule has 13 heteroatoms. The Kier molecular flexibility index (Phi) is 7.01. The number of fused-ring (bicyclic) bond motifs is 2. The first-order valence-electron chi connectivity index (χ1n) is 13.4. The zero-order chi connectivity index (χ0) is 28.5. The maximum absolute atomic E-state index is 12.9. The van der Waals surface area contributed by atoms with Gasteiger partial charge in [-0.05, 0) is 49.4 Å². The van der Waals surface area contributed by atoms with Crippen molar-refractivity contribution >= 4 is 22.7 Å². The van der Waals surface area contributed by atoms with Crippen molar-refractivity contribution in [2.45, 2.75) is 38.8 Å². The molecule has 2 aromatic carbocycles. The van der Waals surface area contributed by atoms with Crippen LogP contribution in [0.1, 0.15) is 53.2 Å². The minimum absolute atomic E-state index is 0.0218. The molecule has 3 aromatic heterocycles. The Balaban J connectivity index is 1.12. The van der Waals surface area contributed by atoms with Crippen molar-refractivity contribution < 1.29 is 9.53 Å². The number of ether oxygens (including phenoxy) is 1. The number of para-hydroxylation sites is 2. The van der Waals surface area contributed by atoms with Crippen molar-refractivity contribution in [2.75, 3.05) is 13.2 Å². The quantitative estimate of drug-likeness (QED) is 0.159. The van der Waals surface area contributed by atoms with Crippen LogP contribution in [0.4, 0.5) is 0 Å². The summed E-state index contributed by atoms with van der Waals surface area (Å²) in [6.45, 7) is 5.15. The highest BCUT2D eigenvalue weighted by Gasteiger charge is 2.26. The van der Waals surface area contributed by atoms with Gasteiger partial charge in [0.1, 0.15) is 29.7 Å². The smallest absolute Gasteiger partial charge is 0.251 e. The van der Waals surface area contributed by atoms with Crippen LogP contribution in [0.25, 0.3) is 16.7 Å². The van der Waals surface area contributed by atoms with Gasteiger partial charge in [0.2, 0.25) is 0 Å². The van der Waals surface area contributed by atoms with E-state index in [0.717, 1.165) is 34.1 Å². The molecular formula is C28H31N11O2. The number of hydrogen-bond donors (Lipinski definition) is 4. The van der Waals surface area contributed by atoms with Gasteiger partial charge in [0, 0.05) is 31.3 Å². The highest BCUT2D eigenvalue weighted by atomic mass is 16.5. The van der Waals surface area contributed by atoms with Gasteiger partial charge >= 0.3 is 0 Å². The number of tetrazole rings is 1. The van der Waals surface area contributed by atoms with Crippen molar-refractivity contribution in [2.24, 2.45) is 7.05 Å². The van der Waals surface area contributed by atoms with Crippen molar-refractivity contribution in [1.82, 2.24) is 50.4 Å². The maximum Gasteiger partial charge on any atom is 0.251 e. The molecule has 210 valence electrons. The van der Waals surface area contributed by atoms with Gasteiger partial charge in [-0.25, -0.2) is 9.97 Å². The summed E-state index contributed by atoms with van der Waals surface area (Å²) in [7, 11) is 1.96. The van der Waals surface area contributed by atoms with Crippen LogP contribution in [0, 0.1) is 5.41 Å². The van der Waals surface area contributed by atoms with E-state index in [1.54, 1.807) is 6.07 Å². The molecule has 5 aromatic rings. The van der Waals surface area contributed by atoms with Gasteiger partial charge in [-0.15, -0.1) is 15.0 Å². The summed E-state index contributed by atoms with van der Waals surface area (Å²) >= 11 is 0. The second-order valence-corrected chi connectivity index (χ2v) is 10.1. The fraction of sp³-hybridized carbons (Fsp3) is 0.321. The molecule has 0 saturated carbocycles. The SMILES string of the molecule is CC(=N)C1Cc2nc(C(C)c3nc4ccc(C(=O)NCCOc5ccccc5-n5ncnn5)cc4n3C)[nH]c2CN1. The standard InChI is InChI=1S/C28H31N11O2/c1-16(26-34-21-13-20(17(2)29)31-14-22(21)35-26)27-36-19-9-8-18(12-24(19)38(27)3)28(40)30-10-11-41-25-7-5-4-6-23(25)39-33-15-32-37-39/h4-9,12,15-16,20,29,31H,10-11,13-14H2,1-3H3,(H,30,40)(H,34,35). The number of rotatable bonds is 9. The molecule has 2 atom stereocenters. The monoisotopic (exact) mass is 553 g/mol. The van der Waals surface area contributed by atoms with Crippen LogP contribution in [-0.2, 0) is 20.0 Å². The zero-order valence-electron chi connectivity index (χ0n) is 23.0. The number of aryl methyl sites for hydroxylation is 1. The zero-order valence-corrected chi connectivity index (χ0v) is 23.0. The summed E-state index contributed by atoms with van der Waals surface area (Å²) in [5.74, 6) is 2.02. The van der Waals surface area contributed by atoms with Crippen LogP contribution in [-0.4, -0.2) is 70.5 Å². The first-order chi connectivity index (χ1) is 19.9. The Labute approximate surface area is 235 Å². The van der Waals surface area contributed by atoms with E-state index in [1.165, 1.54) is 11.1 Å². The van der Waals surface area contributed by atoms with E-state index >= 15 is 0 Å². The van der Waals surface area contributed by atoms with E-state index in [2.05, 4.69) is 38.0 Å². The Morgan fingerprint density at radius 2 is 2.10 bits per heavy atom. The van der Waals surface area contributed by atoms with Crippen LogP contribution >= 0.6 is 0 Å². The first kappa shape index (κ1) is 26.3. The number of H-pyrrole nitrogens is 1. The molecule has 0 radical (unpaired) electrons. The molecule has 0 spiro atoms. The topological polar surface area (TPSA) is 164 Å². The highest BCUT2D eigenvalue weighted by Crippen LogP contribution is 2.27. The van der Waals surface area contributed by atoms with Crippen molar-refractivity contribution in [3.05, 3.63) is 77.4 Å². The summed E-state index contributed by atoms with van der Waals surface area (Å²) in [6, 6.07) is 12.9. The molecule has 0 fully saturated rings. The number of aromatic amines is 1. The van der Waals surface area contributed by atoms with Gasteiger partial charge in [-0.2, -0.15) is 0 Å². The lowest BCUT2D eigenvalue weighted by atomic mass is 10.0. The molecule has 0 aliphatic carbocycles. The molecule has 0 bridgehead atoms. The number of hydrogen-bond acceptors (Lipinski definition) is 9. The lowest BCUT2D eigenvalue weighted by Crippen LogP contribution is -2.40. The van der Waals surface area contributed by atoms with Crippen LogP contribution in [0.5, 0.6) is 5.75 Å². The number of amides is 1. The number of nitrogens with zero attached hydrogens (tertiary/aromatic N) is 7. The number of carbonyl (C=O) groups is 1. The molecule has 2 unspecified atom stereocenters. The van der Waals surface area contributed by atoms with Crippen molar-refractivity contribution in [1.29, 1.82) is 5.41 Å². The molecule has 1 amide bonds. The number of carbonyl (C=O) groups excluding carboxylic acids is 1. The lowest BCUT2D eigenvalue weighted by Gasteiger charge is -2.21.